The zero-order valence-corrected chi connectivity index (χ0v) is 18.4. The van der Waals surface area contributed by atoms with Gasteiger partial charge in [0.15, 0.2) is 0 Å². The molecule has 0 aliphatic carbocycles. The Kier molecular flexibility index (Phi) is 7.36. The van der Waals surface area contributed by atoms with Gasteiger partial charge in [-0.25, -0.2) is 0 Å². The molecule has 0 fully saturated rings. The summed E-state index contributed by atoms with van der Waals surface area (Å²) in [4.78, 5) is 0. The highest BCUT2D eigenvalue weighted by atomic mass is 32.2. The Morgan fingerprint density at radius 2 is 1.62 bits per heavy atom. The molecule has 1 heterocycles. The lowest BCUT2D eigenvalue weighted by Crippen LogP contribution is -2.18. The van der Waals surface area contributed by atoms with Crippen LogP contribution in [-0.2, 0) is 23.1 Å². The molecule has 0 aliphatic heterocycles. The molecule has 0 spiro atoms. The second-order valence-electron chi connectivity index (χ2n) is 8.15. The summed E-state index contributed by atoms with van der Waals surface area (Å²) in [6, 6.07) is 14.9. The number of rotatable bonds is 11. The van der Waals surface area contributed by atoms with Gasteiger partial charge in [0.05, 0.1) is 5.25 Å². The molecule has 2 aromatic carbocycles. The van der Waals surface area contributed by atoms with E-state index in [1.807, 2.05) is 12.1 Å². The largest absolute Gasteiger partial charge is 0.340 e. The fourth-order valence-electron chi connectivity index (χ4n) is 4.06. The molecule has 1 unspecified atom stereocenters. The van der Waals surface area contributed by atoms with Gasteiger partial charge in [0.1, 0.15) is 0 Å². The summed E-state index contributed by atoms with van der Waals surface area (Å²) in [5, 5.41) is 1.62. The molecule has 3 rings (SSSR count). The molecule has 1 N–H and O–H groups in total. The molecule has 29 heavy (non-hydrogen) atoms. The third-order valence-electron chi connectivity index (χ3n) is 5.92. The van der Waals surface area contributed by atoms with Crippen LogP contribution in [-0.4, -0.2) is 22.8 Å². The van der Waals surface area contributed by atoms with Crippen LogP contribution in [0, 0.1) is 0 Å². The zero-order valence-electron chi connectivity index (χ0n) is 17.6. The summed E-state index contributed by atoms with van der Waals surface area (Å²) in [6.45, 7) is 4.36. The van der Waals surface area contributed by atoms with Gasteiger partial charge in [0, 0.05) is 28.4 Å². The van der Waals surface area contributed by atoms with E-state index < -0.39 is 15.4 Å². The molecule has 5 heteroatoms. The lowest BCUT2D eigenvalue weighted by atomic mass is 10.0. The van der Waals surface area contributed by atoms with Crippen LogP contribution in [0.3, 0.4) is 0 Å². The standard InChI is InChI=1S/C24H33NO3S/c1-3-4-5-6-7-8-11-20-14-15-22-21-12-9-10-13-23(21)25(24(22)18-20)17-16-19(2)29(26,27)28/h9-10,12-15,18-19H,3-8,11,16-17H2,1-2H3,(H,26,27,28). The fraction of sp³-hybridized carbons (Fsp3) is 0.500. The van der Waals surface area contributed by atoms with Crippen LogP contribution < -0.4 is 0 Å². The van der Waals surface area contributed by atoms with Crippen LogP contribution in [0.1, 0.15) is 64.4 Å². The summed E-state index contributed by atoms with van der Waals surface area (Å²) in [5.41, 5.74) is 3.60. The van der Waals surface area contributed by atoms with Crippen molar-refractivity contribution in [2.45, 2.75) is 77.0 Å². The van der Waals surface area contributed by atoms with Gasteiger partial charge in [-0.2, -0.15) is 8.42 Å². The van der Waals surface area contributed by atoms with Gasteiger partial charge in [-0.15, -0.1) is 0 Å². The van der Waals surface area contributed by atoms with Crippen LogP contribution in [0.4, 0.5) is 0 Å². The Bertz CT molecular complexity index is 1050. The van der Waals surface area contributed by atoms with Crippen molar-refractivity contribution in [3.63, 3.8) is 0 Å². The molecule has 4 nitrogen and oxygen atoms in total. The van der Waals surface area contributed by atoms with Crippen LogP contribution in [0.5, 0.6) is 0 Å². The lowest BCUT2D eigenvalue weighted by Gasteiger charge is -2.12. The molecule has 0 saturated heterocycles. The summed E-state index contributed by atoms with van der Waals surface area (Å²) in [7, 11) is -4.01. The average Bonchev–Trinajstić information content (AvgIpc) is 3.01. The van der Waals surface area contributed by atoms with Gasteiger partial charge in [-0.3, -0.25) is 4.55 Å². The van der Waals surface area contributed by atoms with Crippen molar-refractivity contribution >= 4 is 31.9 Å². The third-order valence-corrected chi connectivity index (χ3v) is 7.18. The first-order chi connectivity index (χ1) is 13.9. The average molecular weight is 416 g/mol. The molecule has 1 aromatic heterocycles. The summed E-state index contributed by atoms with van der Waals surface area (Å²) >= 11 is 0. The molecule has 0 aliphatic rings. The van der Waals surface area contributed by atoms with E-state index >= 15 is 0 Å². The number of aromatic nitrogens is 1. The van der Waals surface area contributed by atoms with Crippen molar-refractivity contribution in [3.8, 4) is 0 Å². The van der Waals surface area contributed by atoms with Crippen LogP contribution >= 0.6 is 0 Å². The van der Waals surface area contributed by atoms with E-state index in [4.69, 9.17) is 0 Å². The molecular formula is C24H33NO3S. The quantitative estimate of drug-likeness (QED) is 0.293. The smallest absolute Gasteiger partial charge is 0.267 e. The number of unbranched alkanes of at least 4 members (excludes halogenated alkanes) is 5. The third kappa shape index (κ3) is 5.40. The number of nitrogens with zero attached hydrogens (tertiary/aromatic N) is 1. The van der Waals surface area contributed by atoms with Gasteiger partial charge < -0.3 is 4.57 Å². The van der Waals surface area contributed by atoms with E-state index in [1.165, 1.54) is 54.9 Å². The zero-order chi connectivity index (χ0) is 20.9. The van der Waals surface area contributed by atoms with Gasteiger partial charge in [-0.1, -0.05) is 69.4 Å². The monoisotopic (exact) mass is 415 g/mol. The van der Waals surface area contributed by atoms with Crippen LogP contribution in [0.2, 0.25) is 0 Å². The van der Waals surface area contributed by atoms with Gasteiger partial charge in [-0.05, 0) is 43.9 Å². The maximum Gasteiger partial charge on any atom is 0.267 e. The number of hydrogen-bond acceptors (Lipinski definition) is 2. The number of benzene rings is 2. The van der Waals surface area contributed by atoms with E-state index in [9.17, 15) is 13.0 Å². The van der Waals surface area contributed by atoms with Crippen molar-refractivity contribution in [1.82, 2.24) is 4.57 Å². The van der Waals surface area contributed by atoms with E-state index in [2.05, 4.69) is 41.8 Å². The molecule has 158 valence electrons. The minimum absolute atomic E-state index is 0.383. The molecule has 0 radical (unpaired) electrons. The predicted octanol–water partition coefficient (Wildman–Crippen LogP) is 6.36. The van der Waals surface area contributed by atoms with Crippen molar-refractivity contribution in [2.24, 2.45) is 0 Å². The van der Waals surface area contributed by atoms with Crippen LogP contribution in [0.25, 0.3) is 21.8 Å². The normalized spacial score (nSPS) is 13.3. The molecular weight excluding hydrogens is 382 g/mol. The highest BCUT2D eigenvalue weighted by Crippen LogP contribution is 2.30. The predicted molar refractivity (Wildman–Crippen MR) is 122 cm³/mol. The number of aryl methyl sites for hydroxylation is 2. The van der Waals surface area contributed by atoms with Crippen molar-refractivity contribution in [2.75, 3.05) is 0 Å². The maximum absolute atomic E-state index is 11.4. The maximum atomic E-state index is 11.4. The van der Waals surface area contributed by atoms with Crippen molar-refractivity contribution < 1.29 is 13.0 Å². The Hall–Kier alpha value is -1.85. The first-order valence-electron chi connectivity index (χ1n) is 10.9. The lowest BCUT2D eigenvalue weighted by molar-refractivity contribution is 0.462. The van der Waals surface area contributed by atoms with Gasteiger partial charge in [0.25, 0.3) is 10.1 Å². The second kappa shape index (κ2) is 9.77. The molecule has 0 bridgehead atoms. The number of hydrogen-bond donors (Lipinski definition) is 1. The Morgan fingerprint density at radius 1 is 0.931 bits per heavy atom. The van der Waals surface area contributed by atoms with E-state index in [-0.39, 0.29) is 0 Å². The first-order valence-corrected chi connectivity index (χ1v) is 12.4. The molecule has 0 saturated carbocycles. The van der Waals surface area contributed by atoms with E-state index in [0.717, 1.165) is 17.5 Å². The number of fused-ring (bicyclic) bond motifs is 3. The summed E-state index contributed by atoms with van der Waals surface area (Å²) < 4.78 is 34.4. The highest BCUT2D eigenvalue weighted by molar-refractivity contribution is 7.86. The summed E-state index contributed by atoms with van der Waals surface area (Å²) in [5.74, 6) is 0. The van der Waals surface area contributed by atoms with Gasteiger partial charge in [0.2, 0.25) is 0 Å². The highest BCUT2D eigenvalue weighted by Gasteiger charge is 2.18. The van der Waals surface area contributed by atoms with Crippen molar-refractivity contribution in [1.29, 1.82) is 0 Å². The minimum Gasteiger partial charge on any atom is -0.340 e. The van der Waals surface area contributed by atoms with Crippen LogP contribution in [0.15, 0.2) is 42.5 Å². The summed E-state index contributed by atoms with van der Waals surface area (Å²) in [6.07, 6.45) is 9.17. The molecule has 0 amide bonds. The van der Waals surface area contributed by atoms with E-state index in [1.54, 1.807) is 6.92 Å². The molecule has 3 aromatic rings. The fourth-order valence-corrected chi connectivity index (χ4v) is 4.46. The van der Waals surface area contributed by atoms with Gasteiger partial charge >= 0.3 is 0 Å². The first kappa shape index (κ1) is 21.8. The Balaban J connectivity index is 1.83. The molecule has 1 atom stereocenters. The second-order valence-corrected chi connectivity index (χ2v) is 9.99. The topological polar surface area (TPSA) is 59.3 Å². The van der Waals surface area contributed by atoms with E-state index in [0.29, 0.717) is 13.0 Å². The number of para-hydroxylation sites is 1. The van der Waals surface area contributed by atoms with Crippen molar-refractivity contribution in [3.05, 3.63) is 48.0 Å². The Morgan fingerprint density at radius 3 is 2.38 bits per heavy atom. The minimum atomic E-state index is -4.01. The Labute approximate surface area is 174 Å². The SMILES string of the molecule is CCCCCCCCc1ccc2c3ccccc3n(CCC(C)S(=O)(=O)O)c2c1.